The average molecular weight is 386 g/mol. The van der Waals surface area contributed by atoms with E-state index in [-0.39, 0.29) is 11.3 Å². The molecule has 0 radical (unpaired) electrons. The van der Waals surface area contributed by atoms with Crippen LogP contribution >= 0.6 is 15.9 Å². The van der Waals surface area contributed by atoms with Gasteiger partial charge in [0.2, 0.25) is 5.91 Å². The van der Waals surface area contributed by atoms with E-state index >= 15 is 0 Å². The van der Waals surface area contributed by atoms with Gasteiger partial charge in [0.15, 0.2) is 0 Å². The Morgan fingerprint density at radius 3 is 2.39 bits per heavy atom. The topological polar surface area (TPSA) is 66.4 Å². The van der Waals surface area contributed by atoms with Crippen LogP contribution in [0.2, 0.25) is 0 Å². The average Bonchev–Trinajstić information content (AvgIpc) is 2.43. The van der Waals surface area contributed by atoms with Crippen LogP contribution in [-0.2, 0) is 9.59 Å². The molecule has 0 aliphatic heterocycles. The van der Waals surface area contributed by atoms with Crippen molar-refractivity contribution in [1.82, 2.24) is 5.32 Å². The molecule has 0 aromatic rings. The summed E-state index contributed by atoms with van der Waals surface area (Å²) in [6.45, 7) is 9.66. The molecular formula is C18H28BrNO3. The van der Waals surface area contributed by atoms with E-state index in [2.05, 4.69) is 40.3 Å². The number of nitrogens with one attached hydrogen (secondary N) is 1. The first-order valence-electron chi connectivity index (χ1n) is 7.74. The minimum absolute atomic E-state index is 0.160. The van der Waals surface area contributed by atoms with E-state index in [0.29, 0.717) is 0 Å². The number of carbonyl (C=O) groups excluding carboxylic acids is 1. The zero-order valence-electron chi connectivity index (χ0n) is 14.6. The Bertz CT molecular complexity index is 500. The third-order valence-electron chi connectivity index (χ3n) is 3.36. The molecule has 0 rings (SSSR count). The maximum absolute atomic E-state index is 11.7. The van der Waals surface area contributed by atoms with Crippen molar-refractivity contribution in [3.05, 3.63) is 34.4 Å². The lowest BCUT2D eigenvalue weighted by atomic mass is 9.87. The lowest BCUT2D eigenvalue weighted by Gasteiger charge is -2.18. The molecule has 0 aromatic heterocycles. The van der Waals surface area contributed by atoms with Gasteiger partial charge in [-0.15, -0.1) is 0 Å². The predicted octanol–water partition coefficient (Wildman–Crippen LogP) is 4.57. The zero-order valence-corrected chi connectivity index (χ0v) is 16.2. The number of rotatable bonds is 9. The van der Waals surface area contributed by atoms with Crippen LogP contribution in [-0.4, -0.2) is 23.0 Å². The highest BCUT2D eigenvalue weighted by Crippen LogP contribution is 2.24. The highest BCUT2D eigenvalue weighted by Gasteiger charge is 2.15. The molecule has 1 atom stereocenters. The van der Waals surface area contributed by atoms with Gasteiger partial charge in [-0.1, -0.05) is 53.6 Å². The van der Waals surface area contributed by atoms with E-state index in [1.165, 1.54) is 18.6 Å². The summed E-state index contributed by atoms with van der Waals surface area (Å²) in [4.78, 5) is 22.3. The Morgan fingerprint density at radius 2 is 1.87 bits per heavy atom. The highest BCUT2D eigenvalue weighted by molar-refractivity contribution is 9.11. The summed E-state index contributed by atoms with van der Waals surface area (Å²) in [5.74, 6) is -1.43. The highest BCUT2D eigenvalue weighted by atomic mass is 79.9. The fraction of sp³-hybridized carbons (Fsp3) is 0.556. The molecule has 5 heteroatoms. The number of carbonyl (C=O) groups is 2. The Morgan fingerprint density at radius 1 is 1.26 bits per heavy atom. The van der Waals surface area contributed by atoms with Crippen molar-refractivity contribution < 1.29 is 14.7 Å². The van der Waals surface area contributed by atoms with E-state index in [1.54, 1.807) is 0 Å². The van der Waals surface area contributed by atoms with Crippen molar-refractivity contribution in [2.45, 2.75) is 59.9 Å². The fourth-order valence-electron chi connectivity index (χ4n) is 1.73. The molecule has 0 heterocycles. The van der Waals surface area contributed by atoms with Gasteiger partial charge in [-0.2, -0.15) is 0 Å². The van der Waals surface area contributed by atoms with E-state index in [1.807, 2.05) is 26.8 Å². The molecule has 2 N–H and O–H groups in total. The van der Waals surface area contributed by atoms with E-state index in [4.69, 9.17) is 5.11 Å². The van der Waals surface area contributed by atoms with Crippen LogP contribution in [0.1, 0.15) is 53.9 Å². The van der Waals surface area contributed by atoms with E-state index in [0.717, 1.165) is 23.7 Å². The number of allylic oxidation sites excluding steroid dienone is 5. The summed E-state index contributed by atoms with van der Waals surface area (Å²) >= 11 is 3.41. The molecule has 1 amide bonds. The zero-order chi connectivity index (χ0) is 18.0. The maximum Gasteiger partial charge on any atom is 0.325 e. The van der Waals surface area contributed by atoms with Gasteiger partial charge in [0.25, 0.3) is 0 Å². The number of carboxylic acid groups (broad SMARTS) is 1. The lowest BCUT2D eigenvalue weighted by Crippen LogP contribution is -2.37. The minimum Gasteiger partial charge on any atom is -0.480 e. The summed E-state index contributed by atoms with van der Waals surface area (Å²) in [5.41, 5.74) is 1.16. The monoisotopic (exact) mass is 385 g/mol. The summed E-state index contributed by atoms with van der Waals surface area (Å²) in [7, 11) is 0. The quantitative estimate of drug-likeness (QED) is 0.451. The Hall–Kier alpha value is -1.36. The number of hydrogen-bond donors (Lipinski definition) is 2. The molecule has 4 nitrogen and oxygen atoms in total. The molecule has 0 unspecified atom stereocenters. The molecule has 0 fully saturated rings. The van der Waals surface area contributed by atoms with Gasteiger partial charge in [-0.25, -0.2) is 0 Å². The molecule has 0 saturated heterocycles. The molecule has 0 aliphatic rings. The SMILES string of the molecule is C/C(Br)=C\CC/C(C)=C/CC(C)(C)/C=C/C(=O)N[C@@H](C)C(=O)O. The first kappa shape index (κ1) is 21.6. The van der Waals surface area contributed by atoms with Crippen LogP contribution in [0.25, 0.3) is 0 Å². The Balaban J connectivity index is 4.46. The molecule has 0 saturated carbocycles. The molecular weight excluding hydrogens is 358 g/mol. The summed E-state index contributed by atoms with van der Waals surface area (Å²) in [6, 6.07) is -0.886. The second-order valence-corrected chi connectivity index (χ2v) is 7.73. The Kier molecular flexibility index (Phi) is 9.80. The second-order valence-electron chi connectivity index (χ2n) is 6.47. The smallest absolute Gasteiger partial charge is 0.325 e. The van der Waals surface area contributed by atoms with Crippen molar-refractivity contribution in [3.8, 4) is 0 Å². The second kappa shape index (κ2) is 10.4. The Labute approximate surface area is 147 Å². The molecule has 0 spiro atoms. The third-order valence-corrected chi connectivity index (χ3v) is 3.68. The molecule has 0 aliphatic carbocycles. The van der Waals surface area contributed by atoms with Crippen LogP contribution in [0, 0.1) is 5.41 Å². The van der Waals surface area contributed by atoms with Gasteiger partial charge in [0, 0.05) is 0 Å². The third kappa shape index (κ3) is 11.8. The minimum atomic E-state index is -1.04. The maximum atomic E-state index is 11.7. The van der Waals surface area contributed by atoms with E-state index < -0.39 is 12.0 Å². The number of halogens is 1. The van der Waals surface area contributed by atoms with E-state index in [9.17, 15) is 9.59 Å². The standard InChI is InChI=1S/C18H28BrNO3/c1-13(7-6-8-14(2)19)9-11-18(4,5)12-10-16(21)20-15(3)17(22)23/h8-10,12,15H,6-7,11H2,1-5H3,(H,20,21)(H,22,23)/b12-10+,13-9+,14-8+/t15-/m0/s1. The van der Waals surface area contributed by atoms with Crippen molar-refractivity contribution in [2.24, 2.45) is 5.41 Å². The van der Waals surface area contributed by atoms with Crippen LogP contribution in [0.3, 0.4) is 0 Å². The molecule has 23 heavy (non-hydrogen) atoms. The van der Waals surface area contributed by atoms with Gasteiger partial charge in [0.1, 0.15) is 6.04 Å². The van der Waals surface area contributed by atoms with Gasteiger partial charge < -0.3 is 10.4 Å². The van der Waals surface area contributed by atoms with Gasteiger partial charge in [-0.05, 0) is 56.0 Å². The van der Waals surface area contributed by atoms with Crippen LogP contribution < -0.4 is 5.32 Å². The summed E-state index contributed by atoms with van der Waals surface area (Å²) < 4.78 is 1.15. The number of carboxylic acids is 1. The van der Waals surface area contributed by atoms with Gasteiger partial charge in [0.05, 0.1) is 0 Å². The number of hydrogen-bond acceptors (Lipinski definition) is 2. The largest absolute Gasteiger partial charge is 0.480 e. The van der Waals surface area contributed by atoms with Gasteiger partial charge >= 0.3 is 5.97 Å². The van der Waals surface area contributed by atoms with Crippen LogP contribution in [0.5, 0.6) is 0 Å². The normalized spacial score (nSPS) is 14.9. The van der Waals surface area contributed by atoms with Gasteiger partial charge in [-0.3, -0.25) is 9.59 Å². The molecule has 0 bridgehead atoms. The molecule has 0 aromatic carbocycles. The first-order valence-corrected chi connectivity index (χ1v) is 8.53. The first-order chi connectivity index (χ1) is 10.5. The van der Waals surface area contributed by atoms with Crippen molar-refractivity contribution in [3.63, 3.8) is 0 Å². The number of amides is 1. The predicted molar refractivity (Wildman–Crippen MR) is 98.5 cm³/mol. The number of aliphatic carboxylic acids is 1. The summed E-state index contributed by atoms with van der Waals surface area (Å²) in [6.07, 6.45) is 10.4. The van der Waals surface area contributed by atoms with Crippen LogP contribution in [0.15, 0.2) is 34.4 Å². The van der Waals surface area contributed by atoms with Crippen molar-refractivity contribution >= 4 is 27.8 Å². The lowest BCUT2D eigenvalue weighted by molar-refractivity contribution is -0.140. The molecule has 130 valence electrons. The fourth-order valence-corrected chi connectivity index (χ4v) is 1.96. The summed E-state index contributed by atoms with van der Waals surface area (Å²) in [5, 5.41) is 11.2. The van der Waals surface area contributed by atoms with Crippen molar-refractivity contribution in [1.29, 1.82) is 0 Å². The van der Waals surface area contributed by atoms with Crippen LogP contribution in [0.4, 0.5) is 0 Å². The van der Waals surface area contributed by atoms with Crippen molar-refractivity contribution in [2.75, 3.05) is 0 Å².